The lowest BCUT2D eigenvalue weighted by molar-refractivity contribution is 0.288. The highest BCUT2D eigenvalue weighted by Gasteiger charge is 2.15. The van der Waals surface area contributed by atoms with E-state index in [0.717, 1.165) is 46.7 Å². The minimum Gasteiger partial charge on any atom is -0.493 e. The van der Waals surface area contributed by atoms with Crippen molar-refractivity contribution in [2.75, 3.05) is 6.61 Å². The van der Waals surface area contributed by atoms with E-state index in [-0.39, 0.29) is 0 Å². The average molecular weight is 329 g/mol. The van der Waals surface area contributed by atoms with E-state index in [1.165, 1.54) is 5.56 Å². The molecule has 20 heavy (non-hydrogen) atoms. The zero-order valence-corrected chi connectivity index (χ0v) is 12.4. The van der Waals surface area contributed by atoms with Crippen LogP contribution in [0.4, 0.5) is 0 Å². The number of aryl methyl sites for hydroxylation is 1. The molecule has 0 spiro atoms. The Hall–Kier alpha value is -1.81. The van der Waals surface area contributed by atoms with Gasteiger partial charge in [0.25, 0.3) is 0 Å². The molecule has 1 aliphatic heterocycles. The van der Waals surface area contributed by atoms with Crippen molar-refractivity contribution in [2.24, 2.45) is 0 Å². The molecule has 100 valence electrons. The Kier molecular flexibility index (Phi) is 2.77. The number of rotatable bonds is 1. The number of halogens is 1. The Morgan fingerprint density at radius 2 is 2.15 bits per heavy atom. The van der Waals surface area contributed by atoms with Gasteiger partial charge >= 0.3 is 0 Å². The first kappa shape index (κ1) is 12.0. The van der Waals surface area contributed by atoms with E-state index >= 15 is 0 Å². The maximum atomic E-state index is 5.67. The van der Waals surface area contributed by atoms with Gasteiger partial charge in [-0.05, 0) is 64.7 Å². The molecule has 1 aliphatic rings. The molecule has 0 amide bonds. The molecule has 0 atom stereocenters. The summed E-state index contributed by atoms with van der Waals surface area (Å²) in [6.07, 6.45) is 4.20. The molecule has 0 unspecified atom stereocenters. The number of imidazole rings is 1. The van der Waals surface area contributed by atoms with Crippen LogP contribution in [0.3, 0.4) is 0 Å². The standard InChI is InChI=1S/C16H13BrN2O/c17-15-13-5-1-2-8-19(13)16(18-15)12-6-7-14-11(10-12)4-3-9-20-14/h1-2,5-8,10H,3-4,9H2. The van der Waals surface area contributed by atoms with Crippen molar-refractivity contribution in [1.82, 2.24) is 9.38 Å². The average Bonchev–Trinajstić information content (AvgIpc) is 2.85. The van der Waals surface area contributed by atoms with Gasteiger partial charge in [0, 0.05) is 11.8 Å². The summed E-state index contributed by atoms with van der Waals surface area (Å²) in [5.41, 5.74) is 3.48. The second-order valence-corrected chi connectivity index (χ2v) is 5.71. The topological polar surface area (TPSA) is 26.5 Å². The molecule has 4 rings (SSSR count). The number of hydrogen-bond acceptors (Lipinski definition) is 2. The number of nitrogens with zero attached hydrogens (tertiary/aromatic N) is 2. The van der Waals surface area contributed by atoms with Crippen molar-refractivity contribution in [3.8, 4) is 17.1 Å². The van der Waals surface area contributed by atoms with Crippen LogP contribution in [0.2, 0.25) is 0 Å². The normalized spacial score (nSPS) is 14.1. The van der Waals surface area contributed by atoms with Crippen molar-refractivity contribution in [3.05, 3.63) is 52.8 Å². The summed E-state index contributed by atoms with van der Waals surface area (Å²) in [6, 6.07) is 12.4. The van der Waals surface area contributed by atoms with Crippen LogP contribution in [-0.2, 0) is 6.42 Å². The van der Waals surface area contributed by atoms with Crippen LogP contribution in [0.15, 0.2) is 47.2 Å². The SMILES string of the molecule is Brc1nc(-c2ccc3c(c2)CCCO3)n2ccccc12. The second kappa shape index (κ2) is 4.63. The van der Waals surface area contributed by atoms with Gasteiger partial charge in [0.1, 0.15) is 16.2 Å². The van der Waals surface area contributed by atoms with Crippen LogP contribution >= 0.6 is 15.9 Å². The second-order valence-electron chi connectivity index (χ2n) is 4.96. The smallest absolute Gasteiger partial charge is 0.145 e. The van der Waals surface area contributed by atoms with Crippen molar-refractivity contribution < 1.29 is 4.74 Å². The summed E-state index contributed by atoms with van der Waals surface area (Å²) in [7, 11) is 0. The molecule has 0 saturated heterocycles. The lowest BCUT2D eigenvalue weighted by Crippen LogP contribution is -2.08. The van der Waals surface area contributed by atoms with E-state index in [2.05, 4.69) is 49.6 Å². The quantitative estimate of drug-likeness (QED) is 0.672. The summed E-state index contributed by atoms with van der Waals surface area (Å²) in [6.45, 7) is 0.824. The molecule has 0 saturated carbocycles. The third kappa shape index (κ3) is 1.83. The number of ether oxygens (including phenoxy) is 1. The van der Waals surface area contributed by atoms with Crippen LogP contribution < -0.4 is 4.74 Å². The summed E-state index contributed by atoms with van der Waals surface area (Å²) in [4.78, 5) is 4.65. The molecule has 3 aromatic rings. The van der Waals surface area contributed by atoms with E-state index < -0.39 is 0 Å². The van der Waals surface area contributed by atoms with E-state index in [1.807, 2.05) is 18.3 Å². The van der Waals surface area contributed by atoms with E-state index in [9.17, 15) is 0 Å². The largest absolute Gasteiger partial charge is 0.493 e. The monoisotopic (exact) mass is 328 g/mol. The van der Waals surface area contributed by atoms with Gasteiger partial charge in [-0.2, -0.15) is 0 Å². The Labute approximate surface area is 125 Å². The zero-order valence-electron chi connectivity index (χ0n) is 10.8. The summed E-state index contributed by atoms with van der Waals surface area (Å²) in [5.74, 6) is 1.97. The molecule has 3 nitrogen and oxygen atoms in total. The van der Waals surface area contributed by atoms with Crippen LogP contribution in [0.1, 0.15) is 12.0 Å². The van der Waals surface area contributed by atoms with Crippen molar-refractivity contribution >= 4 is 21.4 Å². The molecule has 1 aromatic carbocycles. The summed E-state index contributed by atoms with van der Waals surface area (Å²) >= 11 is 3.53. The van der Waals surface area contributed by atoms with Gasteiger partial charge < -0.3 is 4.74 Å². The molecule has 0 N–H and O–H groups in total. The van der Waals surface area contributed by atoms with Gasteiger partial charge in [-0.15, -0.1) is 0 Å². The van der Waals surface area contributed by atoms with Gasteiger partial charge in [0.05, 0.1) is 12.1 Å². The summed E-state index contributed by atoms with van der Waals surface area (Å²) in [5, 5.41) is 0. The van der Waals surface area contributed by atoms with Crippen LogP contribution in [-0.4, -0.2) is 16.0 Å². The molecule has 0 radical (unpaired) electrons. The van der Waals surface area contributed by atoms with Crippen molar-refractivity contribution in [1.29, 1.82) is 0 Å². The molecular formula is C16H13BrN2O. The Bertz CT molecular complexity index is 794. The van der Waals surface area contributed by atoms with Crippen molar-refractivity contribution in [3.63, 3.8) is 0 Å². The third-order valence-electron chi connectivity index (χ3n) is 3.67. The van der Waals surface area contributed by atoms with Gasteiger partial charge in [0.15, 0.2) is 0 Å². The van der Waals surface area contributed by atoms with Crippen LogP contribution in [0.25, 0.3) is 16.9 Å². The Balaban J connectivity index is 1.91. The molecule has 0 aliphatic carbocycles. The molecule has 0 fully saturated rings. The first-order valence-corrected chi connectivity index (χ1v) is 7.51. The molecular weight excluding hydrogens is 316 g/mol. The first-order chi connectivity index (χ1) is 9.83. The molecule has 2 aromatic heterocycles. The summed E-state index contributed by atoms with van der Waals surface area (Å²) < 4.78 is 8.65. The van der Waals surface area contributed by atoms with E-state index in [1.54, 1.807) is 0 Å². The first-order valence-electron chi connectivity index (χ1n) is 6.71. The highest BCUT2D eigenvalue weighted by atomic mass is 79.9. The predicted octanol–water partition coefficient (Wildman–Crippen LogP) is 4.09. The number of hydrogen-bond donors (Lipinski definition) is 0. The van der Waals surface area contributed by atoms with Crippen LogP contribution in [0.5, 0.6) is 5.75 Å². The number of pyridine rings is 1. The van der Waals surface area contributed by atoms with Gasteiger partial charge in [-0.1, -0.05) is 6.07 Å². The molecule has 3 heterocycles. The fraction of sp³-hybridized carbons (Fsp3) is 0.188. The third-order valence-corrected chi connectivity index (χ3v) is 4.25. The van der Waals surface area contributed by atoms with Gasteiger partial charge in [-0.25, -0.2) is 4.98 Å². The highest BCUT2D eigenvalue weighted by molar-refractivity contribution is 9.10. The number of aromatic nitrogens is 2. The number of fused-ring (bicyclic) bond motifs is 2. The van der Waals surface area contributed by atoms with E-state index in [4.69, 9.17) is 4.74 Å². The fourth-order valence-corrected chi connectivity index (χ4v) is 3.19. The zero-order chi connectivity index (χ0) is 13.5. The Morgan fingerprint density at radius 1 is 1.20 bits per heavy atom. The van der Waals surface area contributed by atoms with Gasteiger partial charge in [-0.3, -0.25) is 4.40 Å². The maximum Gasteiger partial charge on any atom is 0.145 e. The van der Waals surface area contributed by atoms with Crippen molar-refractivity contribution in [2.45, 2.75) is 12.8 Å². The molecule has 0 bridgehead atoms. The fourth-order valence-electron chi connectivity index (χ4n) is 2.70. The maximum absolute atomic E-state index is 5.67. The highest BCUT2D eigenvalue weighted by Crippen LogP contribution is 2.31. The minimum atomic E-state index is 0.824. The van der Waals surface area contributed by atoms with Crippen LogP contribution in [0, 0.1) is 0 Å². The van der Waals surface area contributed by atoms with Gasteiger partial charge in [0.2, 0.25) is 0 Å². The predicted molar refractivity (Wildman–Crippen MR) is 82.1 cm³/mol. The molecule has 4 heteroatoms. The lowest BCUT2D eigenvalue weighted by atomic mass is 10.0. The number of benzene rings is 1. The Morgan fingerprint density at radius 3 is 3.10 bits per heavy atom. The van der Waals surface area contributed by atoms with E-state index in [0.29, 0.717) is 0 Å². The minimum absolute atomic E-state index is 0.824. The lowest BCUT2D eigenvalue weighted by Gasteiger charge is -2.17.